The molecule has 1 aliphatic rings. The molecule has 3 N–H and O–H groups in total. The van der Waals surface area contributed by atoms with E-state index in [9.17, 15) is 20.1 Å². The number of methoxy groups -OCH3 is 1. The van der Waals surface area contributed by atoms with Crippen molar-refractivity contribution in [2.45, 2.75) is 26.2 Å². The third-order valence-corrected chi connectivity index (χ3v) is 4.57. The summed E-state index contributed by atoms with van der Waals surface area (Å²) in [5.74, 6) is -1.09. The van der Waals surface area contributed by atoms with Gasteiger partial charge in [-0.15, -0.1) is 0 Å². The van der Waals surface area contributed by atoms with Gasteiger partial charge in [0.05, 0.1) is 13.0 Å². The molecule has 27 heavy (non-hydrogen) atoms. The largest absolute Gasteiger partial charge is 0.508 e. The van der Waals surface area contributed by atoms with Crippen molar-refractivity contribution in [2.75, 3.05) is 13.7 Å². The monoisotopic (exact) mass is 370 g/mol. The maximum Gasteiger partial charge on any atom is 0.181 e. The molecular weight excluding hydrogens is 348 g/mol. The minimum atomic E-state index is -0.774. The molecule has 0 bridgehead atoms. The Morgan fingerprint density at radius 2 is 1.93 bits per heavy atom. The minimum Gasteiger partial charge on any atom is -0.508 e. The molecule has 6 nitrogen and oxygen atoms in total. The van der Waals surface area contributed by atoms with Crippen molar-refractivity contribution in [3.05, 3.63) is 52.6 Å². The van der Waals surface area contributed by atoms with E-state index in [4.69, 9.17) is 9.47 Å². The van der Waals surface area contributed by atoms with Crippen molar-refractivity contribution in [1.82, 2.24) is 0 Å². The summed E-state index contributed by atoms with van der Waals surface area (Å²) in [5.41, 5.74) is 2.39. The Hall–Kier alpha value is -3.15. The number of allylic oxidation sites excluding steroid dienone is 2. The van der Waals surface area contributed by atoms with E-state index in [1.807, 2.05) is 19.9 Å². The van der Waals surface area contributed by atoms with Gasteiger partial charge in [-0.1, -0.05) is 11.6 Å². The van der Waals surface area contributed by atoms with Gasteiger partial charge in [-0.3, -0.25) is 4.79 Å². The molecule has 1 atom stereocenters. The molecule has 0 radical (unpaired) electrons. The lowest BCUT2D eigenvalue weighted by molar-refractivity contribution is 0.0890. The van der Waals surface area contributed by atoms with Crippen LogP contribution in [0.1, 0.15) is 41.3 Å². The first-order valence-corrected chi connectivity index (χ1v) is 8.58. The molecule has 1 aliphatic heterocycles. The number of fused-ring (bicyclic) bond motifs is 1. The smallest absolute Gasteiger partial charge is 0.181 e. The van der Waals surface area contributed by atoms with E-state index in [-0.39, 0.29) is 41.0 Å². The number of hydrogen-bond acceptors (Lipinski definition) is 6. The SMILES string of the molecule is COc1cc(O)c([C@H]2COc3cc(O)cc(O)c3C2=O)cc1CC=C(C)C. The number of phenols is 3. The Balaban J connectivity index is 2.04. The summed E-state index contributed by atoms with van der Waals surface area (Å²) in [6.45, 7) is 3.97. The van der Waals surface area contributed by atoms with Crippen LogP contribution >= 0.6 is 0 Å². The Morgan fingerprint density at radius 3 is 2.59 bits per heavy atom. The molecule has 0 amide bonds. The van der Waals surface area contributed by atoms with Crippen LogP contribution in [-0.2, 0) is 6.42 Å². The number of carbonyl (C=O) groups excluding carboxylic acids is 1. The highest BCUT2D eigenvalue weighted by Crippen LogP contribution is 2.43. The maximum atomic E-state index is 13.0. The second kappa shape index (κ2) is 7.23. The van der Waals surface area contributed by atoms with Gasteiger partial charge >= 0.3 is 0 Å². The summed E-state index contributed by atoms with van der Waals surface area (Å²) in [4.78, 5) is 13.0. The van der Waals surface area contributed by atoms with Crippen molar-refractivity contribution in [3.63, 3.8) is 0 Å². The fourth-order valence-electron chi connectivity index (χ4n) is 3.18. The third-order valence-electron chi connectivity index (χ3n) is 4.57. The molecule has 0 fully saturated rings. The first-order chi connectivity index (χ1) is 12.8. The lowest BCUT2D eigenvalue weighted by atomic mass is 9.86. The highest BCUT2D eigenvalue weighted by molar-refractivity contribution is 6.06. The summed E-state index contributed by atoms with van der Waals surface area (Å²) in [7, 11) is 1.52. The van der Waals surface area contributed by atoms with E-state index in [0.29, 0.717) is 17.7 Å². The number of carbonyl (C=O) groups is 1. The molecule has 0 spiro atoms. The second-order valence-electron chi connectivity index (χ2n) is 6.77. The first kappa shape index (κ1) is 18.6. The zero-order valence-electron chi connectivity index (χ0n) is 15.4. The number of ketones is 1. The molecular formula is C21H22O6. The van der Waals surface area contributed by atoms with E-state index in [0.717, 1.165) is 17.2 Å². The van der Waals surface area contributed by atoms with Gasteiger partial charge in [0, 0.05) is 23.8 Å². The van der Waals surface area contributed by atoms with E-state index in [2.05, 4.69) is 0 Å². The Morgan fingerprint density at radius 1 is 1.19 bits per heavy atom. The van der Waals surface area contributed by atoms with Crippen LogP contribution in [0.3, 0.4) is 0 Å². The molecule has 2 aromatic rings. The summed E-state index contributed by atoms with van der Waals surface area (Å²) < 4.78 is 10.9. The summed E-state index contributed by atoms with van der Waals surface area (Å²) >= 11 is 0. The topological polar surface area (TPSA) is 96.2 Å². The second-order valence-corrected chi connectivity index (χ2v) is 6.77. The molecule has 0 aromatic heterocycles. The van der Waals surface area contributed by atoms with Crippen LogP contribution in [0.25, 0.3) is 0 Å². The number of ether oxygens (including phenoxy) is 2. The lowest BCUT2D eigenvalue weighted by Gasteiger charge is -2.26. The van der Waals surface area contributed by atoms with Gasteiger partial charge in [-0.25, -0.2) is 0 Å². The Labute approximate surface area is 157 Å². The molecule has 6 heteroatoms. The van der Waals surface area contributed by atoms with Gasteiger partial charge in [0.15, 0.2) is 5.78 Å². The maximum absolute atomic E-state index is 13.0. The van der Waals surface area contributed by atoms with Crippen LogP contribution in [0.5, 0.6) is 28.7 Å². The molecule has 142 valence electrons. The van der Waals surface area contributed by atoms with Gasteiger partial charge in [0.2, 0.25) is 0 Å². The Bertz CT molecular complexity index is 925. The van der Waals surface area contributed by atoms with Gasteiger partial charge in [-0.05, 0) is 31.9 Å². The zero-order chi connectivity index (χ0) is 19.7. The van der Waals surface area contributed by atoms with E-state index < -0.39 is 5.92 Å². The van der Waals surface area contributed by atoms with Crippen LogP contribution in [0.15, 0.2) is 35.9 Å². The van der Waals surface area contributed by atoms with Crippen molar-refractivity contribution >= 4 is 5.78 Å². The zero-order valence-corrected chi connectivity index (χ0v) is 15.4. The number of hydrogen-bond donors (Lipinski definition) is 3. The number of Topliss-reactive ketones (excluding diaryl/α,β-unsaturated/α-hetero) is 1. The van der Waals surface area contributed by atoms with Crippen LogP contribution in [-0.4, -0.2) is 34.8 Å². The normalized spacial score (nSPS) is 15.7. The van der Waals surface area contributed by atoms with Crippen LogP contribution < -0.4 is 9.47 Å². The summed E-state index contributed by atoms with van der Waals surface area (Å²) in [5, 5.41) is 30.1. The fraction of sp³-hybridized carbons (Fsp3) is 0.286. The average molecular weight is 370 g/mol. The Kier molecular flexibility index (Phi) is 4.99. The quantitative estimate of drug-likeness (QED) is 0.711. The molecule has 2 aromatic carbocycles. The lowest BCUT2D eigenvalue weighted by Crippen LogP contribution is -2.26. The van der Waals surface area contributed by atoms with Gasteiger partial charge in [0.25, 0.3) is 0 Å². The van der Waals surface area contributed by atoms with Crippen LogP contribution in [0, 0.1) is 0 Å². The number of phenolic OH excluding ortho intramolecular Hbond substituents is 3. The fourth-order valence-corrected chi connectivity index (χ4v) is 3.18. The van der Waals surface area contributed by atoms with Crippen molar-refractivity contribution in [2.24, 2.45) is 0 Å². The summed E-state index contributed by atoms with van der Waals surface area (Å²) in [6.07, 6.45) is 2.62. The highest BCUT2D eigenvalue weighted by atomic mass is 16.5. The average Bonchev–Trinajstić information content (AvgIpc) is 2.60. The van der Waals surface area contributed by atoms with Crippen molar-refractivity contribution in [3.8, 4) is 28.7 Å². The molecule has 0 saturated heterocycles. The van der Waals surface area contributed by atoms with Gasteiger partial charge < -0.3 is 24.8 Å². The molecule has 0 unspecified atom stereocenters. The van der Waals surface area contributed by atoms with Crippen molar-refractivity contribution < 1.29 is 29.6 Å². The van der Waals surface area contributed by atoms with Crippen molar-refractivity contribution in [1.29, 1.82) is 0 Å². The molecule has 0 saturated carbocycles. The molecule has 1 heterocycles. The van der Waals surface area contributed by atoms with Crippen LogP contribution in [0.4, 0.5) is 0 Å². The van der Waals surface area contributed by atoms with E-state index in [1.165, 1.54) is 19.2 Å². The highest BCUT2D eigenvalue weighted by Gasteiger charge is 2.35. The first-order valence-electron chi connectivity index (χ1n) is 8.58. The summed E-state index contributed by atoms with van der Waals surface area (Å²) in [6, 6.07) is 5.61. The third kappa shape index (κ3) is 3.56. The van der Waals surface area contributed by atoms with Gasteiger partial charge in [-0.2, -0.15) is 0 Å². The van der Waals surface area contributed by atoms with Crippen LogP contribution in [0.2, 0.25) is 0 Å². The van der Waals surface area contributed by atoms with E-state index >= 15 is 0 Å². The predicted octanol–water partition coefficient (Wildman–Crippen LogP) is 3.68. The predicted molar refractivity (Wildman–Crippen MR) is 100 cm³/mol. The molecule has 3 rings (SSSR count). The number of rotatable bonds is 4. The minimum absolute atomic E-state index is 0.00327. The molecule has 0 aliphatic carbocycles. The van der Waals surface area contributed by atoms with E-state index in [1.54, 1.807) is 6.07 Å². The number of aromatic hydroxyl groups is 3. The number of benzene rings is 2. The van der Waals surface area contributed by atoms with Gasteiger partial charge in [0.1, 0.15) is 40.9 Å². The standard InChI is InChI=1S/C21H22O6/c1-11(2)4-5-12-6-14(16(23)9-18(12)26-3)15-10-27-19-8-13(22)7-17(24)20(19)21(15)25/h4,6-9,15,22-24H,5,10H2,1-3H3/t15-/m1/s1.